The number of halogens is 3. The van der Waals surface area contributed by atoms with E-state index in [9.17, 15) is 8.78 Å². The van der Waals surface area contributed by atoms with Crippen molar-refractivity contribution in [1.29, 1.82) is 0 Å². The zero-order valence-electron chi connectivity index (χ0n) is 17.1. The lowest BCUT2D eigenvalue weighted by atomic mass is 10.1. The highest BCUT2D eigenvalue weighted by atomic mass is 127. The maximum atomic E-state index is 12.7. The number of nitrogens with zero attached hydrogens (tertiary/aromatic N) is 3. The number of ether oxygens (including phenoxy) is 2. The van der Waals surface area contributed by atoms with Crippen LogP contribution in [-0.4, -0.2) is 36.3 Å². The Kier molecular flexibility index (Phi) is 9.50. The summed E-state index contributed by atoms with van der Waals surface area (Å²) < 4.78 is 37.1. The number of hydrogen-bond donors (Lipinski definition) is 2. The van der Waals surface area contributed by atoms with Gasteiger partial charge in [0.25, 0.3) is 0 Å². The van der Waals surface area contributed by atoms with Crippen LogP contribution in [0.15, 0.2) is 66.2 Å². The minimum absolute atomic E-state index is 0. The van der Waals surface area contributed by atoms with Gasteiger partial charge in [0.1, 0.15) is 11.5 Å². The molecule has 0 saturated carbocycles. The molecule has 3 aromatic rings. The summed E-state index contributed by atoms with van der Waals surface area (Å²) in [5.41, 5.74) is 2.57. The van der Waals surface area contributed by atoms with Crippen molar-refractivity contribution in [2.45, 2.75) is 19.7 Å². The van der Waals surface area contributed by atoms with E-state index >= 15 is 0 Å². The largest absolute Gasteiger partial charge is 0.497 e. The van der Waals surface area contributed by atoms with Crippen LogP contribution in [0.1, 0.15) is 11.1 Å². The molecule has 0 aliphatic carbocycles. The summed E-state index contributed by atoms with van der Waals surface area (Å²) in [4.78, 5) is 8.29. The number of rotatable bonds is 8. The number of hydrogen-bond acceptors (Lipinski definition) is 4. The molecule has 0 bridgehead atoms. The van der Waals surface area contributed by atoms with Crippen LogP contribution in [0.5, 0.6) is 11.5 Å². The van der Waals surface area contributed by atoms with Crippen molar-refractivity contribution in [3.63, 3.8) is 0 Å². The van der Waals surface area contributed by atoms with Crippen LogP contribution in [0.3, 0.4) is 0 Å². The molecule has 0 fully saturated rings. The second-order valence-electron chi connectivity index (χ2n) is 6.23. The van der Waals surface area contributed by atoms with E-state index in [1.807, 2.05) is 35.0 Å². The van der Waals surface area contributed by atoms with Gasteiger partial charge in [-0.15, -0.1) is 24.0 Å². The Morgan fingerprint density at radius 3 is 2.52 bits per heavy atom. The molecule has 0 aliphatic rings. The van der Waals surface area contributed by atoms with Gasteiger partial charge in [-0.1, -0.05) is 18.2 Å². The van der Waals surface area contributed by atoms with E-state index in [1.165, 1.54) is 13.2 Å². The molecule has 1 heterocycles. The maximum Gasteiger partial charge on any atom is 0.387 e. The van der Waals surface area contributed by atoms with Gasteiger partial charge in [0.05, 0.1) is 19.1 Å². The quantitative estimate of drug-likeness (QED) is 0.256. The van der Waals surface area contributed by atoms with Crippen molar-refractivity contribution < 1.29 is 18.3 Å². The molecule has 166 valence electrons. The predicted molar refractivity (Wildman–Crippen MR) is 126 cm³/mol. The van der Waals surface area contributed by atoms with Crippen molar-refractivity contribution in [2.75, 3.05) is 14.2 Å². The van der Waals surface area contributed by atoms with Gasteiger partial charge < -0.3 is 24.7 Å². The number of imidazole rings is 1. The van der Waals surface area contributed by atoms with Gasteiger partial charge in [0, 0.05) is 38.1 Å². The molecule has 0 radical (unpaired) electrons. The minimum Gasteiger partial charge on any atom is -0.497 e. The van der Waals surface area contributed by atoms with Gasteiger partial charge in [-0.05, 0) is 29.8 Å². The summed E-state index contributed by atoms with van der Waals surface area (Å²) in [7, 11) is 3.15. The lowest BCUT2D eigenvalue weighted by Crippen LogP contribution is -2.36. The maximum absolute atomic E-state index is 12.7. The highest BCUT2D eigenvalue weighted by Gasteiger charge is 2.12. The van der Waals surface area contributed by atoms with Crippen LogP contribution in [0.4, 0.5) is 8.78 Å². The first-order valence-corrected chi connectivity index (χ1v) is 9.23. The minimum atomic E-state index is -2.91. The molecule has 31 heavy (non-hydrogen) atoms. The zero-order chi connectivity index (χ0) is 21.3. The van der Waals surface area contributed by atoms with Gasteiger partial charge in [0.15, 0.2) is 5.96 Å². The van der Waals surface area contributed by atoms with E-state index in [-0.39, 0.29) is 36.3 Å². The Morgan fingerprint density at radius 1 is 1.13 bits per heavy atom. The van der Waals surface area contributed by atoms with Gasteiger partial charge in [-0.2, -0.15) is 8.78 Å². The summed E-state index contributed by atoms with van der Waals surface area (Å²) in [6, 6.07) is 12.6. The number of aromatic nitrogens is 2. The number of nitrogens with one attached hydrogen (secondary N) is 2. The van der Waals surface area contributed by atoms with E-state index in [1.54, 1.807) is 31.7 Å². The first-order chi connectivity index (χ1) is 14.6. The highest BCUT2D eigenvalue weighted by Crippen LogP contribution is 2.25. The Balaban J connectivity index is 0.00000341. The fourth-order valence-corrected chi connectivity index (χ4v) is 2.92. The van der Waals surface area contributed by atoms with Crippen molar-refractivity contribution >= 4 is 29.9 Å². The topological polar surface area (TPSA) is 72.7 Å². The fourth-order valence-electron chi connectivity index (χ4n) is 2.92. The number of alkyl halides is 2. The van der Waals surface area contributed by atoms with Crippen LogP contribution in [0, 0.1) is 0 Å². The standard InChI is InChI=1S/C21H23F2N5O2.HI/c1-24-21(26-12-15-5-3-4-6-18(15)28-10-9-25-14-28)27-13-16-11-17(29-2)7-8-19(16)30-20(22)23;/h3-11,14,20H,12-13H2,1-2H3,(H2,24,26,27);1H. The number of para-hydroxylation sites is 1. The molecular formula is C21H24F2IN5O2. The van der Waals surface area contributed by atoms with Crippen molar-refractivity contribution in [1.82, 2.24) is 20.2 Å². The van der Waals surface area contributed by atoms with Crippen LogP contribution in [0.25, 0.3) is 5.69 Å². The smallest absolute Gasteiger partial charge is 0.387 e. The number of benzene rings is 2. The van der Waals surface area contributed by atoms with Crippen molar-refractivity contribution in [3.05, 3.63) is 72.3 Å². The van der Waals surface area contributed by atoms with E-state index in [4.69, 9.17) is 4.74 Å². The third-order valence-corrected chi connectivity index (χ3v) is 4.37. The summed E-state index contributed by atoms with van der Waals surface area (Å²) in [6.07, 6.45) is 5.33. The second kappa shape index (κ2) is 12.1. The summed E-state index contributed by atoms with van der Waals surface area (Å²) in [6.45, 7) is -2.18. The van der Waals surface area contributed by atoms with Crippen LogP contribution < -0.4 is 20.1 Å². The molecule has 0 aliphatic heterocycles. The van der Waals surface area contributed by atoms with Crippen molar-refractivity contribution in [2.24, 2.45) is 4.99 Å². The molecule has 3 rings (SSSR count). The molecule has 0 amide bonds. The van der Waals surface area contributed by atoms with Crippen LogP contribution in [-0.2, 0) is 13.1 Å². The Bertz CT molecular complexity index is 984. The SMILES string of the molecule is CN=C(NCc1cc(OC)ccc1OC(F)F)NCc1ccccc1-n1ccnc1.I. The zero-order valence-corrected chi connectivity index (χ0v) is 19.4. The van der Waals surface area contributed by atoms with E-state index in [2.05, 4.69) is 25.3 Å². The molecule has 2 N–H and O–H groups in total. The molecule has 0 atom stereocenters. The summed E-state index contributed by atoms with van der Waals surface area (Å²) in [5.74, 6) is 1.14. The van der Waals surface area contributed by atoms with E-state index in [0.29, 0.717) is 23.8 Å². The number of guanidine groups is 1. The van der Waals surface area contributed by atoms with E-state index < -0.39 is 6.61 Å². The Hall–Kier alpha value is -2.89. The molecule has 0 spiro atoms. The third kappa shape index (κ3) is 6.81. The first-order valence-electron chi connectivity index (χ1n) is 9.23. The lowest BCUT2D eigenvalue weighted by molar-refractivity contribution is -0.0504. The van der Waals surface area contributed by atoms with Crippen LogP contribution in [0.2, 0.25) is 0 Å². The second-order valence-corrected chi connectivity index (χ2v) is 6.23. The summed E-state index contributed by atoms with van der Waals surface area (Å²) >= 11 is 0. The normalized spacial score (nSPS) is 11.1. The van der Waals surface area contributed by atoms with Crippen molar-refractivity contribution in [3.8, 4) is 17.2 Å². The molecule has 7 nitrogen and oxygen atoms in total. The predicted octanol–water partition coefficient (Wildman–Crippen LogP) is 3.97. The fraction of sp³-hybridized carbons (Fsp3) is 0.238. The average Bonchev–Trinajstić information content (AvgIpc) is 3.29. The van der Waals surface area contributed by atoms with Gasteiger partial charge in [-0.3, -0.25) is 4.99 Å². The van der Waals surface area contributed by atoms with E-state index in [0.717, 1.165) is 11.3 Å². The average molecular weight is 543 g/mol. The lowest BCUT2D eigenvalue weighted by Gasteiger charge is -2.16. The number of methoxy groups -OCH3 is 1. The first kappa shape index (κ1) is 24.4. The Morgan fingerprint density at radius 2 is 1.87 bits per heavy atom. The van der Waals surface area contributed by atoms with Gasteiger partial charge in [-0.25, -0.2) is 4.98 Å². The monoisotopic (exact) mass is 543 g/mol. The molecule has 0 saturated heterocycles. The van der Waals surface area contributed by atoms with Gasteiger partial charge >= 0.3 is 6.61 Å². The molecule has 2 aromatic carbocycles. The highest BCUT2D eigenvalue weighted by molar-refractivity contribution is 14.0. The Labute approximate surface area is 196 Å². The van der Waals surface area contributed by atoms with Crippen LogP contribution >= 0.6 is 24.0 Å². The van der Waals surface area contributed by atoms with Gasteiger partial charge in [0.2, 0.25) is 0 Å². The third-order valence-electron chi connectivity index (χ3n) is 4.37. The molecule has 1 aromatic heterocycles. The molecular weight excluding hydrogens is 519 g/mol. The molecule has 0 unspecified atom stereocenters. The molecule has 10 heteroatoms. The number of aliphatic imine (C=N–C) groups is 1. The summed E-state index contributed by atoms with van der Waals surface area (Å²) in [5, 5.41) is 6.35.